The third-order valence-corrected chi connectivity index (χ3v) is 27.6. The van der Waals surface area contributed by atoms with Crippen LogP contribution >= 0.6 is 0 Å². The van der Waals surface area contributed by atoms with Crippen LogP contribution in [0.2, 0.25) is 0 Å². The molecule has 133 heavy (non-hydrogen) atoms. The second kappa shape index (κ2) is 32.0. The lowest BCUT2D eigenvalue weighted by Crippen LogP contribution is -2.10. The maximum atomic E-state index is 6.43. The minimum atomic E-state index is 0.0698. The number of benzene rings is 24. The Morgan fingerprint density at radius 2 is 0.519 bits per heavy atom. The fraction of sp³-hybridized carbons (Fsp3) is 0.0308. The molecule has 624 valence electrons. The van der Waals surface area contributed by atoms with Crippen molar-refractivity contribution in [3.05, 3.63) is 479 Å². The summed E-state index contributed by atoms with van der Waals surface area (Å²) in [6.07, 6.45) is 0. The van der Waals surface area contributed by atoms with Crippen LogP contribution in [-0.4, -0.2) is 4.57 Å². The van der Waals surface area contributed by atoms with Gasteiger partial charge in [-0.15, -0.1) is 0 Å². The van der Waals surface area contributed by atoms with Crippen molar-refractivity contribution in [2.45, 2.75) is 26.2 Å². The third-order valence-electron chi connectivity index (χ3n) is 27.6. The van der Waals surface area contributed by atoms with E-state index in [0.717, 1.165) is 71.8 Å². The monoisotopic (exact) mass is 1690 g/mol. The van der Waals surface area contributed by atoms with Gasteiger partial charge in [0.05, 0.1) is 11.0 Å². The van der Waals surface area contributed by atoms with Crippen molar-refractivity contribution in [3.63, 3.8) is 0 Å². The Morgan fingerprint density at radius 1 is 0.180 bits per heavy atom. The van der Waals surface area contributed by atoms with E-state index in [-0.39, 0.29) is 5.41 Å². The molecule has 3 heteroatoms. The molecular formula is C130H87NO2. The topological polar surface area (TPSA) is 31.2 Å². The predicted molar refractivity (Wildman–Crippen MR) is 567 cm³/mol. The molecule has 0 spiro atoms. The normalized spacial score (nSPS) is 11.9. The van der Waals surface area contributed by atoms with Crippen molar-refractivity contribution in [2.75, 3.05) is 0 Å². The van der Waals surface area contributed by atoms with Crippen LogP contribution < -0.4 is 0 Å². The first-order valence-corrected chi connectivity index (χ1v) is 46.1. The summed E-state index contributed by atoms with van der Waals surface area (Å²) in [5.74, 6) is 0. The van der Waals surface area contributed by atoms with Crippen LogP contribution in [0.1, 0.15) is 26.3 Å². The Bertz CT molecular complexity index is 9140. The summed E-state index contributed by atoms with van der Waals surface area (Å²) in [5, 5.41) is 27.6. The number of aromatic nitrogens is 1. The first-order valence-electron chi connectivity index (χ1n) is 46.1. The summed E-state index contributed by atoms with van der Waals surface area (Å²) in [6.45, 7) is 6.90. The van der Waals surface area contributed by atoms with E-state index in [1.54, 1.807) is 0 Å². The standard InChI is InChI=1S/C48H34O.C44H29N.C38H24O/c1-48(2,3)36-26-34-21-23-39-42(31-18-16-30(17-19-31)37-12-8-13-41-38-11-6-7-14-44(38)49-47(37)41)28-43(40-24-22-35(27-36)45(34)46(39)40)33-20-15-29-9-4-5-10-32(29)25-33;1-2-14-30(15-3-1)33-16-4-5-19-36(33)44-39-22-8-6-20-37(39)43(38-21-7-9-23-40(38)44)31-26-28-32(29-27-31)45-41-24-12-10-17-34(41)35-18-11-13-25-42(35)45;1-3-12-25(13-4-1)36-30-17-7-8-18-31(30)37(26-14-5-2-6-15-26)34-24-27(22-23-32(34)36)28-19-11-20-33-29-16-9-10-21-35(29)39-38(28)33/h4-28H,1-3H3;1-29H;1-24H. The highest BCUT2D eigenvalue weighted by molar-refractivity contribution is 6.30. The van der Waals surface area contributed by atoms with Gasteiger partial charge in [-0.05, 0) is 241 Å². The molecule has 0 bridgehead atoms. The smallest absolute Gasteiger partial charge is 0.143 e. The van der Waals surface area contributed by atoms with Crippen molar-refractivity contribution in [3.8, 4) is 106 Å². The van der Waals surface area contributed by atoms with Gasteiger partial charge in [0.25, 0.3) is 0 Å². The molecule has 0 N–H and O–H groups in total. The summed E-state index contributed by atoms with van der Waals surface area (Å²) in [4.78, 5) is 0. The third kappa shape index (κ3) is 13.3. The van der Waals surface area contributed by atoms with Gasteiger partial charge in [-0.3, -0.25) is 0 Å². The molecule has 0 aliphatic rings. The molecule has 27 rings (SSSR count). The van der Waals surface area contributed by atoms with Gasteiger partial charge < -0.3 is 13.4 Å². The molecule has 0 unspecified atom stereocenters. The Hall–Kier alpha value is -17.0. The average molecular weight is 1700 g/mol. The Balaban J connectivity index is 0.000000108. The van der Waals surface area contributed by atoms with Crippen molar-refractivity contribution in [1.82, 2.24) is 4.57 Å². The van der Waals surface area contributed by atoms with Crippen LogP contribution in [0.3, 0.4) is 0 Å². The highest BCUT2D eigenvalue weighted by Gasteiger charge is 2.26. The number of hydrogen-bond acceptors (Lipinski definition) is 2. The number of hydrogen-bond donors (Lipinski definition) is 0. The first-order chi connectivity index (χ1) is 65.6. The zero-order chi connectivity index (χ0) is 88.4. The van der Waals surface area contributed by atoms with Gasteiger partial charge in [0, 0.05) is 49.1 Å². The van der Waals surface area contributed by atoms with Crippen LogP contribution in [0.5, 0.6) is 0 Å². The fourth-order valence-corrected chi connectivity index (χ4v) is 21.4. The largest absolute Gasteiger partial charge is 0.455 e. The quantitative estimate of drug-likeness (QED) is 0.101. The molecule has 0 fully saturated rings. The SMILES string of the molecule is CC(C)(C)c1cc2ccc3c(-c4ccc(-c5cccc6c5oc5ccccc56)cc4)cc(-c4ccc5ccccc5c4)c4ccc(c1)c2c34.c1ccc(-c2c3ccccc3c(-c3ccccc3)c3cc(-c4cccc5c4oc4ccccc45)ccc23)cc1.c1ccc(-c2ccccc2-c2c3ccccc3c(-c3ccc(-n4c5ccccc5c5ccccc54)cc3)c3ccccc23)cc1. The summed E-state index contributed by atoms with van der Waals surface area (Å²) in [6, 6.07) is 172. The molecule has 3 nitrogen and oxygen atoms in total. The van der Waals surface area contributed by atoms with E-state index in [1.165, 1.54) is 191 Å². The number of nitrogens with zero attached hydrogens (tertiary/aromatic N) is 1. The van der Waals surface area contributed by atoms with Gasteiger partial charge in [-0.2, -0.15) is 0 Å². The van der Waals surface area contributed by atoms with Crippen LogP contribution in [0.25, 0.3) is 258 Å². The average Bonchev–Trinajstić information content (AvgIpc) is 1.10. The number of furan rings is 2. The van der Waals surface area contributed by atoms with Gasteiger partial charge in [0.1, 0.15) is 22.3 Å². The molecule has 0 amide bonds. The van der Waals surface area contributed by atoms with Gasteiger partial charge >= 0.3 is 0 Å². The minimum absolute atomic E-state index is 0.0698. The molecule has 24 aromatic carbocycles. The van der Waals surface area contributed by atoms with E-state index < -0.39 is 0 Å². The van der Waals surface area contributed by atoms with Crippen molar-refractivity contribution >= 4 is 152 Å². The molecule has 3 heterocycles. The lowest BCUT2D eigenvalue weighted by molar-refractivity contribution is 0.591. The second-order valence-electron chi connectivity index (χ2n) is 36.3. The van der Waals surface area contributed by atoms with E-state index in [4.69, 9.17) is 8.83 Å². The molecular weight excluding hydrogens is 1610 g/mol. The van der Waals surface area contributed by atoms with Crippen LogP contribution in [-0.2, 0) is 5.41 Å². The van der Waals surface area contributed by atoms with Crippen molar-refractivity contribution in [2.24, 2.45) is 0 Å². The fourth-order valence-electron chi connectivity index (χ4n) is 21.4. The zero-order valence-corrected chi connectivity index (χ0v) is 73.8. The zero-order valence-electron chi connectivity index (χ0n) is 73.8. The molecule has 0 atom stereocenters. The number of fused-ring (bicyclic) bond motifs is 14. The van der Waals surface area contributed by atoms with Crippen molar-refractivity contribution in [1.29, 1.82) is 0 Å². The lowest BCUT2D eigenvalue weighted by Gasteiger charge is -2.23. The van der Waals surface area contributed by atoms with Crippen LogP contribution in [0.15, 0.2) is 482 Å². The number of para-hydroxylation sites is 6. The summed E-state index contributed by atoms with van der Waals surface area (Å²) in [7, 11) is 0. The Labute approximate surface area is 770 Å². The summed E-state index contributed by atoms with van der Waals surface area (Å²) >= 11 is 0. The minimum Gasteiger partial charge on any atom is -0.455 e. The van der Waals surface area contributed by atoms with Gasteiger partial charge in [0.15, 0.2) is 0 Å². The predicted octanol–water partition coefficient (Wildman–Crippen LogP) is 36.9. The molecule has 0 saturated heterocycles. The lowest BCUT2D eigenvalue weighted by atomic mass is 9.81. The molecule has 27 aromatic rings. The molecule has 0 aliphatic carbocycles. The molecule has 0 saturated carbocycles. The van der Waals surface area contributed by atoms with Crippen LogP contribution in [0.4, 0.5) is 0 Å². The summed E-state index contributed by atoms with van der Waals surface area (Å²) in [5.41, 5.74) is 30.7. The van der Waals surface area contributed by atoms with Gasteiger partial charge in [-0.25, -0.2) is 0 Å². The highest BCUT2D eigenvalue weighted by Crippen LogP contribution is 2.52. The Morgan fingerprint density at radius 3 is 1.05 bits per heavy atom. The Kier molecular flexibility index (Phi) is 18.9. The molecule has 3 aromatic heterocycles. The van der Waals surface area contributed by atoms with E-state index in [1.807, 2.05) is 24.3 Å². The maximum absolute atomic E-state index is 6.43. The maximum Gasteiger partial charge on any atom is 0.143 e. The molecule has 0 aliphatic heterocycles. The van der Waals surface area contributed by atoms with Gasteiger partial charge in [-0.1, -0.05) is 439 Å². The number of rotatable bonds is 10. The van der Waals surface area contributed by atoms with Crippen LogP contribution in [0, 0.1) is 0 Å². The highest BCUT2D eigenvalue weighted by atomic mass is 16.3. The van der Waals surface area contributed by atoms with E-state index in [0.29, 0.717) is 0 Å². The summed E-state index contributed by atoms with van der Waals surface area (Å²) < 4.78 is 15.2. The van der Waals surface area contributed by atoms with E-state index in [9.17, 15) is 0 Å². The second-order valence-corrected chi connectivity index (χ2v) is 36.3. The van der Waals surface area contributed by atoms with E-state index in [2.05, 4.69) is 474 Å². The van der Waals surface area contributed by atoms with E-state index >= 15 is 0 Å². The van der Waals surface area contributed by atoms with Gasteiger partial charge in [0.2, 0.25) is 0 Å². The van der Waals surface area contributed by atoms with Crippen molar-refractivity contribution < 1.29 is 8.83 Å². The first kappa shape index (κ1) is 78.3. The molecule has 0 radical (unpaired) electrons.